The van der Waals surface area contributed by atoms with Gasteiger partial charge in [-0.25, -0.2) is 33.5 Å². The van der Waals surface area contributed by atoms with Gasteiger partial charge in [0.25, 0.3) is 0 Å². The highest BCUT2D eigenvalue weighted by molar-refractivity contribution is 7.22. The number of carbonyl (C=O) groups is 1. The summed E-state index contributed by atoms with van der Waals surface area (Å²) in [6, 6.07) is 13.4. The van der Waals surface area contributed by atoms with Gasteiger partial charge in [0, 0.05) is 74.4 Å². The van der Waals surface area contributed by atoms with Crippen molar-refractivity contribution in [3.8, 4) is 44.7 Å². The molecule has 3 aromatic carbocycles. The minimum absolute atomic E-state index is 0.00679. The van der Waals surface area contributed by atoms with Crippen LogP contribution >= 0.6 is 34.5 Å². The summed E-state index contributed by atoms with van der Waals surface area (Å²) in [5, 5.41) is 1.10. The number of ether oxygens (including phenoxy) is 9. The number of thiophene rings is 1. The van der Waals surface area contributed by atoms with Gasteiger partial charge < -0.3 is 47.5 Å². The molecular weight excluding hydrogens is 1110 g/mol. The smallest absolute Gasteiger partial charge is 0.348 e. The predicted molar refractivity (Wildman–Crippen MR) is 308 cm³/mol. The van der Waals surface area contributed by atoms with Crippen molar-refractivity contribution in [2.45, 2.75) is 103 Å². The van der Waals surface area contributed by atoms with Crippen LogP contribution < -0.4 is 18.9 Å². The summed E-state index contributed by atoms with van der Waals surface area (Å²) < 4.78 is 85.3. The molecule has 4 aliphatic rings. The van der Waals surface area contributed by atoms with Crippen molar-refractivity contribution in [3.63, 3.8) is 0 Å². The minimum Gasteiger partial charge on any atom is -0.490 e. The van der Waals surface area contributed by atoms with Crippen molar-refractivity contribution < 1.29 is 56.2 Å². The Kier molecular flexibility index (Phi) is 20.4. The van der Waals surface area contributed by atoms with Gasteiger partial charge in [0.1, 0.15) is 64.9 Å². The first kappa shape index (κ1) is 60.2. The molecule has 2 atom stereocenters. The number of aromatic nitrogens is 4. The number of hydrogen-bond acceptors (Lipinski definition) is 17. The van der Waals surface area contributed by atoms with E-state index in [0.29, 0.717) is 154 Å². The average molecular weight is 1180 g/mol. The topological polar surface area (TPSA) is 158 Å². The van der Waals surface area contributed by atoms with Crippen LogP contribution in [0.5, 0.6) is 23.1 Å². The fourth-order valence-electron chi connectivity index (χ4n) is 10.3. The average Bonchev–Trinajstić information content (AvgIpc) is 3.23. The van der Waals surface area contributed by atoms with E-state index in [4.69, 9.17) is 80.8 Å². The Balaban J connectivity index is 1.02. The maximum Gasteiger partial charge on any atom is 0.348 e. The number of methoxy groups -OCH3 is 1. The normalized spacial score (nSPS) is 20.1. The molecule has 436 valence electrons. The van der Waals surface area contributed by atoms with Gasteiger partial charge in [-0.05, 0) is 126 Å². The standard InChI is InChI=1S/C60H72Cl2F2N6O10S/c1-37-48-38(2)52(62)53(51(37)61)78-45(32-70-22-20-69(6)21-23-70)34-76-44-12-13-46(77-33-43-16-19-65-55(68-43)40-14-17-60(64,18-15-40)35-75-29-28-74-27-26-73-25-24-72-7)41(30-44)31-47(58(71)80-59(3,4)5)79-56-50-49(48)54(81-57(50)67-36-66-56)39-8-10-42(63)11-9-39/h8-13,16,19,30,36,40,45,47H,14-15,17-18,20-29,31-35H2,1-7H3/t40?,45-,47-,60?/m1/s1. The number of fused-ring (bicyclic) bond motifs is 7. The third kappa shape index (κ3) is 15.5. The first-order valence-electron chi connectivity index (χ1n) is 27.6. The first-order chi connectivity index (χ1) is 39.0. The van der Waals surface area contributed by atoms with E-state index in [2.05, 4.69) is 21.8 Å². The number of carbonyl (C=O) groups excluding carboxylic acids is 1. The number of hydrogen-bond donors (Lipinski definition) is 0. The lowest BCUT2D eigenvalue weighted by atomic mass is 9.80. The van der Waals surface area contributed by atoms with Gasteiger partial charge in [0.2, 0.25) is 12.0 Å². The molecule has 10 rings (SSSR count). The largest absolute Gasteiger partial charge is 0.490 e. The zero-order chi connectivity index (χ0) is 57.3. The maximum atomic E-state index is 16.0. The Hall–Kier alpha value is -5.35. The van der Waals surface area contributed by atoms with Crippen LogP contribution in [0.2, 0.25) is 10.0 Å². The Morgan fingerprint density at radius 1 is 0.864 bits per heavy atom. The molecule has 4 bridgehead atoms. The van der Waals surface area contributed by atoms with Gasteiger partial charge in [0.05, 0.1) is 67.4 Å². The molecule has 0 unspecified atom stereocenters. The van der Waals surface area contributed by atoms with E-state index >= 15 is 4.39 Å². The van der Waals surface area contributed by atoms with Crippen molar-refractivity contribution >= 4 is 50.7 Å². The van der Waals surface area contributed by atoms with Crippen LogP contribution in [-0.2, 0) is 41.5 Å². The zero-order valence-electron chi connectivity index (χ0n) is 47.1. The summed E-state index contributed by atoms with van der Waals surface area (Å²) in [6.45, 7) is 15.8. The van der Waals surface area contributed by atoms with Gasteiger partial charge >= 0.3 is 5.97 Å². The molecule has 0 amide bonds. The Morgan fingerprint density at radius 3 is 2.25 bits per heavy atom. The molecule has 6 aromatic rings. The highest BCUT2D eigenvalue weighted by Gasteiger charge is 2.38. The van der Waals surface area contributed by atoms with Crippen molar-refractivity contribution in [2.75, 3.05) is 99.7 Å². The number of rotatable bonds is 19. The van der Waals surface area contributed by atoms with Crippen LogP contribution in [0.15, 0.2) is 61.1 Å². The second-order valence-electron chi connectivity index (χ2n) is 21.9. The summed E-state index contributed by atoms with van der Waals surface area (Å²) in [4.78, 5) is 39.6. The molecule has 2 fully saturated rings. The van der Waals surface area contributed by atoms with Crippen LogP contribution in [0.3, 0.4) is 0 Å². The number of halogens is 4. The molecule has 81 heavy (non-hydrogen) atoms. The third-order valence-corrected chi connectivity index (χ3v) is 16.7. The minimum atomic E-state index is -1.45. The molecule has 1 aliphatic carbocycles. The van der Waals surface area contributed by atoms with E-state index in [1.165, 1.54) is 29.8 Å². The van der Waals surface area contributed by atoms with Crippen molar-refractivity contribution in [1.29, 1.82) is 0 Å². The van der Waals surface area contributed by atoms with Crippen molar-refractivity contribution in [3.05, 3.63) is 105 Å². The van der Waals surface area contributed by atoms with Gasteiger partial charge in [-0.1, -0.05) is 35.3 Å². The van der Waals surface area contributed by atoms with Crippen LogP contribution in [-0.4, -0.2) is 159 Å². The van der Waals surface area contributed by atoms with E-state index in [-0.39, 0.29) is 38.0 Å². The molecule has 0 N–H and O–H groups in total. The van der Waals surface area contributed by atoms with E-state index in [9.17, 15) is 9.18 Å². The number of likely N-dealkylation sites (N-methyl/N-ethyl adjacent to an activating group) is 1. The quantitative estimate of drug-likeness (QED) is 0.0556. The fraction of sp³-hybridized carbons (Fsp3) is 0.517. The lowest BCUT2D eigenvalue weighted by molar-refractivity contribution is -0.163. The second kappa shape index (κ2) is 27.4. The van der Waals surface area contributed by atoms with E-state index in [1.807, 2.05) is 26.0 Å². The third-order valence-electron chi connectivity index (χ3n) is 14.6. The molecule has 16 nitrogen and oxygen atoms in total. The number of nitrogens with zero attached hydrogens (tertiary/aromatic N) is 6. The van der Waals surface area contributed by atoms with Gasteiger partial charge in [0.15, 0.2) is 5.75 Å². The summed E-state index contributed by atoms with van der Waals surface area (Å²) in [5.41, 5.74) is 2.19. The molecule has 3 aliphatic heterocycles. The zero-order valence-corrected chi connectivity index (χ0v) is 49.5. The van der Waals surface area contributed by atoms with Gasteiger partial charge in [-0.3, -0.25) is 4.90 Å². The number of benzene rings is 3. The summed E-state index contributed by atoms with van der Waals surface area (Å²) in [5.74, 6) is 0.866. The molecule has 3 aromatic heterocycles. The Labute approximate surface area is 486 Å². The van der Waals surface area contributed by atoms with Gasteiger partial charge in [-0.2, -0.15) is 0 Å². The lowest BCUT2D eigenvalue weighted by Crippen LogP contribution is -2.49. The molecule has 0 spiro atoms. The lowest BCUT2D eigenvalue weighted by Gasteiger charge is -2.35. The molecule has 1 saturated carbocycles. The second-order valence-corrected chi connectivity index (χ2v) is 23.7. The molecule has 0 radical (unpaired) electrons. The molecule has 1 saturated heterocycles. The Bertz CT molecular complexity index is 3070. The highest BCUT2D eigenvalue weighted by Crippen LogP contribution is 2.53. The van der Waals surface area contributed by atoms with E-state index < -0.39 is 35.3 Å². The van der Waals surface area contributed by atoms with Crippen LogP contribution in [0.1, 0.15) is 80.6 Å². The van der Waals surface area contributed by atoms with Gasteiger partial charge in [-0.15, -0.1) is 11.3 Å². The van der Waals surface area contributed by atoms with E-state index in [1.54, 1.807) is 58.3 Å². The number of piperazine rings is 1. The summed E-state index contributed by atoms with van der Waals surface area (Å²) >= 11 is 16.2. The highest BCUT2D eigenvalue weighted by atomic mass is 35.5. The van der Waals surface area contributed by atoms with Crippen LogP contribution in [0.4, 0.5) is 8.78 Å². The predicted octanol–water partition coefficient (Wildman–Crippen LogP) is 11.2. The monoisotopic (exact) mass is 1180 g/mol. The Morgan fingerprint density at radius 2 is 1.56 bits per heavy atom. The fourth-order valence-corrected chi connectivity index (χ4v) is 12.0. The SMILES string of the molecule is COCCOCCOCCOCC1(F)CCC(c2nccc(COc3ccc4cc3C[C@H](C(=O)OC(C)(C)C)Oc3ncnc5sc(-c6ccc(F)cc6)c(c35)-c3c(C)c(Cl)c(c(Cl)c3C)O[C@H](CN3CCN(C)CC3)CO4)n2)CC1. The molecular formula is C60H72Cl2F2N6O10S. The maximum absolute atomic E-state index is 16.0. The summed E-state index contributed by atoms with van der Waals surface area (Å²) in [6.07, 6.45) is 2.94. The van der Waals surface area contributed by atoms with Crippen molar-refractivity contribution in [2.24, 2.45) is 0 Å². The molecule has 6 heterocycles. The van der Waals surface area contributed by atoms with E-state index in [0.717, 1.165) is 31.1 Å². The van der Waals surface area contributed by atoms with Crippen molar-refractivity contribution in [1.82, 2.24) is 29.7 Å². The van der Waals surface area contributed by atoms with Crippen LogP contribution in [0, 0.1) is 19.7 Å². The summed E-state index contributed by atoms with van der Waals surface area (Å²) in [7, 11) is 3.73. The number of esters is 1. The number of alkyl halides is 1. The van der Waals surface area contributed by atoms with Crippen LogP contribution in [0.25, 0.3) is 31.8 Å². The first-order valence-corrected chi connectivity index (χ1v) is 29.1. The molecule has 21 heteroatoms.